The molecule has 1 aromatic rings. The lowest BCUT2D eigenvalue weighted by atomic mass is 9.79. The summed E-state index contributed by atoms with van der Waals surface area (Å²) in [6.45, 7) is 3.91. The molecule has 0 amide bonds. The Balaban J connectivity index is 0.00000192. The van der Waals surface area contributed by atoms with Crippen LogP contribution in [-0.2, 0) is 6.54 Å². The van der Waals surface area contributed by atoms with Crippen molar-refractivity contribution >= 4 is 24.3 Å². The predicted octanol–water partition coefficient (Wildman–Crippen LogP) is 1.05. The lowest BCUT2D eigenvalue weighted by molar-refractivity contribution is 0.0189. The third kappa shape index (κ3) is 4.02. The number of nitrogens with zero attached hydrogens (tertiary/aromatic N) is 5. The highest BCUT2D eigenvalue weighted by Crippen LogP contribution is 2.35. The van der Waals surface area contributed by atoms with E-state index in [1.54, 1.807) is 0 Å². The third-order valence-electron chi connectivity index (χ3n) is 4.89. The predicted molar refractivity (Wildman–Crippen MR) is 94.9 cm³/mol. The molecule has 1 aliphatic heterocycles. The molecule has 130 valence electrons. The van der Waals surface area contributed by atoms with E-state index in [1.165, 1.54) is 32.1 Å². The zero-order chi connectivity index (χ0) is 15.6. The molecular formula is C15H28ClN7. The fraction of sp³-hybridized carbons (Fsp3) is 0.800. The van der Waals surface area contributed by atoms with Gasteiger partial charge in [-0.3, -0.25) is 4.90 Å². The smallest absolute Gasteiger partial charge is 0.229 e. The number of nitrogens with one attached hydrogen (secondary N) is 1. The largest absolute Gasteiger partial charge is 0.368 e. The van der Waals surface area contributed by atoms with Crippen molar-refractivity contribution in [1.29, 1.82) is 0 Å². The van der Waals surface area contributed by atoms with Gasteiger partial charge >= 0.3 is 0 Å². The number of nitrogen functional groups attached to an aromatic ring is 1. The Hall–Kier alpha value is -1.18. The van der Waals surface area contributed by atoms with Crippen LogP contribution in [0.5, 0.6) is 0 Å². The average Bonchev–Trinajstić information content (AvgIpc) is 2.50. The van der Waals surface area contributed by atoms with Crippen LogP contribution in [0.3, 0.4) is 0 Å². The van der Waals surface area contributed by atoms with Crippen LogP contribution >= 0.6 is 12.4 Å². The Morgan fingerprint density at radius 3 is 2.61 bits per heavy atom. The number of hydrogen-bond donors (Lipinski definition) is 2. The minimum absolute atomic E-state index is 0. The Morgan fingerprint density at radius 1 is 1.17 bits per heavy atom. The van der Waals surface area contributed by atoms with E-state index in [4.69, 9.17) is 5.73 Å². The zero-order valence-corrected chi connectivity index (χ0v) is 14.9. The number of anilines is 2. The number of hydrogen-bond acceptors (Lipinski definition) is 7. The standard InChI is InChI=1S/C15H27N7.ClH/c1-21(2)14-19-12(18-13(16)20-14)10-22-9-8-17-11-15(22)6-4-3-5-7-15;/h17H,3-11H2,1-2H3,(H2,16,18,19,20);1H. The molecule has 1 saturated heterocycles. The van der Waals surface area contributed by atoms with Crippen LogP contribution in [0, 0.1) is 0 Å². The van der Waals surface area contributed by atoms with E-state index in [1.807, 2.05) is 19.0 Å². The zero-order valence-electron chi connectivity index (χ0n) is 14.1. The SMILES string of the molecule is CN(C)c1nc(N)nc(CN2CCNCC23CCCCC3)n1.Cl. The molecule has 0 atom stereocenters. The van der Waals surface area contributed by atoms with E-state index in [0.717, 1.165) is 32.0 Å². The molecular weight excluding hydrogens is 314 g/mol. The van der Waals surface area contributed by atoms with E-state index in [2.05, 4.69) is 25.2 Å². The van der Waals surface area contributed by atoms with E-state index in [0.29, 0.717) is 11.9 Å². The van der Waals surface area contributed by atoms with Gasteiger partial charge in [-0.2, -0.15) is 15.0 Å². The summed E-state index contributed by atoms with van der Waals surface area (Å²) in [4.78, 5) is 17.5. The molecule has 7 nitrogen and oxygen atoms in total. The van der Waals surface area contributed by atoms with Crippen LogP contribution in [-0.4, -0.2) is 59.1 Å². The van der Waals surface area contributed by atoms with E-state index >= 15 is 0 Å². The number of nitrogens with two attached hydrogens (primary N) is 1. The number of aromatic nitrogens is 3. The topological polar surface area (TPSA) is 83.2 Å². The molecule has 2 fully saturated rings. The van der Waals surface area contributed by atoms with Gasteiger partial charge in [0, 0.05) is 39.3 Å². The van der Waals surface area contributed by atoms with Crippen molar-refractivity contribution in [2.45, 2.75) is 44.2 Å². The first-order valence-electron chi connectivity index (χ1n) is 8.23. The van der Waals surface area contributed by atoms with Gasteiger partial charge in [-0.15, -0.1) is 12.4 Å². The molecule has 8 heteroatoms. The van der Waals surface area contributed by atoms with Crippen LogP contribution in [0.2, 0.25) is 0 Å². The summed E-state index contributed by atoms with van der Waals surface area (Å²) in [6, 6.07) is 0. The fourth-order valence-corrected chi connectivity index (χ4v) is 3.70. The first-order valence-corrected chi connectivity index (χ1v) is 8.23. The second kappa shape index (κ2) is 7.59. The molecule has 0 unspecified atom stereocenters. The highest BCUT2D eigenvalue weighted by Gasteiger charge is 2.39. The third-order valence-corrected chi connectivity index (χ3v) is 4.89. The van der Waals surface area contributed by atoms with Crippen LogP contribution < -0.4 is 16.0 Å². The number of rotatable bonds is 3. The molecule has 1 spiro atoms. The summed E-state index contributed by atoms with van der Waals surface area (Å²) in [6.07, 6.45) is 6.53. The molecule has 0 radical (unpaired) electrons. The molecule has 1 saturated carbocycles. The molecule has 23 heavy (non-hydrogen) atoms. The summed E-state index contributed by atoms with van der Waals surface area (Å²) in [7, 11) is 3.85. The van der Waals surface area contributed by atoms with Gasteiger partial charge < -0.3 is 16.0 Å². The molecule has 0 aromatic carbocycles. The molecule has 1 aliphatic carbocycles. The Labute approximate surface area is 144 Å². The van der Waals surface area contributed by atoms with Crippen molar-refractivity contribution in [2.75, 3.05) is 44.4 Å². The highest BCUT2D eigenvalue weighted by molar-refractivity contribution is 5.85. The second-order valence-electron chi connectivity index (χ2n) is 6.69. The molecule has 1 aromatic heterocycles. The minimum atomic E-state index is 0. The minimum Gasteiger partial charge on any atom is -0.368 e. The number of halogens is 1. The number of piperazine rings is 1. The molecule has 0 bridgehead atoms. The van der Waals surface area contributed by atoms with Gasteiger partial charge in [0.25, 0.3) is 0 Å². The van der Waals surface area contributed by atoms with Gasteiger partial charge in [-0.1, -0.05) is 19.3 Å². The van der Waals surface area contributed by atoms with Crippen molar-refractivity contribution < 1.29 is 0 Å². The first kappa shape index (κ1) is 18.2. The van der Waals surface area contributed by atoms with Crippen LogP contribution in [0.1, 0.15) is 37.9 Å². The Kier molecular flexibility index (Phi) is 6.00. The van der Waals surface area contributed by atoms with E-state index in [-0.39, 0.29) is 17.9 Å². The van der Waals surface area contributed by atoms with E-state index in [9.17, 15) is 0 Å². The van der Waals surface area contributed by atoms with Crippen LogP contribution in [0.4, 0.5) is 11.9 Å². The maximum absolute atomic E-state index is 5.85. The van der Waals surface area contributed by atoms with Gasteiger partial charge in [0.2, 0.25) is 11.9 Å². The van der Waals surface area contributed by atoms with Crippen molar-refractivity contribution in [3.8, 4) is 0 Å². The molecule has 3 rings (SSSR count). The fourth-order valence-electron chi connectivity index (χ4n) is 3.70. The van der Waals surface area contributed by atoms with Gasteiger partial charge in [0.15, 0.2) is 0 Å². The summed E-state index contributed by atoms with van der Waals surface area (Å²) in [5.74, 6) is 1.72. The summed E-state index contributed by atoms with van der Waals surface area (Å²) < 4.78 is 0. The van der Waals surface area contributed by atoms with Gasteiger partial charge in [0.1, 0.15) is 5.82 Å². The van der Waals surface area contributed by atoms with Gasteiger partial charge in [-0.05, 0) is 12.8 Å². The van der Waals surface area contributed by atoms with Crippen molar-refractivity contribution in [2.24, 2.45) is 0 Å². The van der Waals surface area contributed by atoms with Crippen LogP contribution in [0.25, 0.3) is 0 Å². The molecule has 3 N–H and O–H groups in total. The van der Waals surface area contributed by atoms with Crippen molar-refractivity contribution in [1.82, 2.24) is 25.2 Å². The Bertz CT molecular complexity index is 508. The quantitative estimate of drug-likeness (QED) is 0.850. The van der Waals surface area contributed by atoms with Crippen molar-refractivity contribution in [3.63, 3.8) is 0 Å². The summed E-state index contributed by atoms with van der Waals surface area (Å²) in [5, 5.41) is 3.57. The molecule has 2 aliphatic rings. The maximum atomic E-state index is 5.85. The van der Waals surface area contributed by atoms with Gasteiger partial charge in [-0.25, -0.2) is 0 Å². The summed E-state index contributed by atoms with van der Waals surface area (Å²) in [5.41, 5.74) is 6.13. The lowest BCUT2D eigenvalue weighted by Crippen LogP contribution is -2.61. The second-order valence-corrected chi connectivity index (χ2v) is 6.69. The normalized spacial score (nSPS) is 21.0. The summed E-state index contributed by atoms with van der Waals surface area (Å²) >= 11 is 0. The highest BCUT2D eigenvalue weighted by atomic mass is 35.5. The average molecular weight is 342 g/mol. The molecule has 2 heterocycles. The first-order chi connectivity index (χ1) is 10.6. The lowest BCUT2D eigenvalue weighted by Gasteiger charge is -2.49. The Morgan fingerprint density at radius 2 is 1.91 bits per heavy atom. The monoisotopic (exact) mass is 341 g/mol. The van der Waals surface area contributed by atoms with Crippen LogP contribution in [0.15, 0.2) is 0 Å². The van der Waals surface area contributed by atoms with Gasteiger partial charge in [0.05, 0.1) is 6.54 Å². The van der Waals surface area contributed by atoms with Crippen molar-refractivity contribution in [3.05, 3.63) is 5.82 Å². The maximum Gasteiger partial charge on any atom is 0.229 e. The van der Waals surface area contributed by atoms with E-state index < -0.39 is 0 Å².